The molecule has 432 valence electrons. The Kier molecular flexibility index (Phi) is 17.2. The third-order valence-corrected chi connectivity index (χ3v) is 8.33. The fourth-order valence-corrected chi connectivity index (χ4v) is 5.56. The van der Waals surface area contributed by atoms with E-state index in [2.05, 4.69) is 116 Å². The van der Waals surface area contributed by atoms with Crippen molar-refractivity contribution in [1.82, 2.24) is 0 Å². The molecule has 76 heavy (non-hydrogen) atoms. The number of fused-ring (bicyclic) bond motifs is 1. The summed E-state index contributed by atoms with van der Waals surface area (Å²) in [6.07, 6.45) is 16.7. The number of halogens is 24. The van der Waals surface area contributed by atoms with Crippen LogP contribution >= 0.6 is 31.2 Å². The number of rotatable bonds is 0. The summed E-state index contributed by atoms with van der Waals surface area (Å²) in [6.45, 7) is 5.25. The first-order chi connectivity index (χ1) is 33.5. The molecule has 12 bridgehead atoms. The van der Waals surface area contributed by atoms with Gasteiger partial charge in [0, 0.05) is 54.6 Å². The van der Waals surface area contributed by atoms with Crippen LogP contribution in [0.3, 0.4) is 0 Å². The minimum atomic E-state index is -10.7. The van der Waals surface area contributed by atoms with E-state index in [0.717, 1.165) is 49.2 Å². The Morgan fingerprint density at radius 3 is 0.605 bits per heavy atom. The Morgan fingerprint density at radius 2 is 0.421 bits per heavy atom. The van der Waals surface area contributed by atoms with Crippen molar-refractivity contribution in [3.05, 3.63) is 147 Å². The number of hydrogen-bond acceptors (Lipinski definition) is 4. The molecule has 8 aliphatic rings. The molecule has 8 nitrogen and oxygen atoms in total. The first-order valence-corrected chi connectivity index (χ1v) is 28.6. The van der Waals surface area contributed by atoms with Gasteiger partial charge in [0.05, 0.1) is 0 Å². The van der Waals surface area contributed by atoms with Crippen LogP contribution in [-0.4, -0.2) is 26.4 Å². The standard InChI is InChI=1S/C40H40N4O4.4F6P/c1-2-39-32-40(3-1)48-31-27-44-22-14-36(15-23-44)34-10-18-42(19-11-34)25-29-46-38-6-4-37(5-7-38)45-28-24-41-16-8-33(9-17-41)35-12-20-43(21-13-35)26-30-47-39;4*1-7(2,3,4,5)6/h1-23,32H,24-31H2;;;;/q+4;4*-1. The van der Waals surface area contributed by atoms with Gasteiger partial charge in [-0.2, -0.15) is 0 Å². The molecule has 0 radical (unpaired) electrons. The second-order valence-corrected chi connectivity index (χ2v) is 23.1. The zero-order valence-corrected chi connectivity index (χ0v) is 41.4. The first-order valence-electron chi connectivity index (χ1n) is 20.5. The predicted molar refractivity (Wildman–Crippen MR) is 234 cm³/mol. The van der Waals surface area contributed by atoms with Crippen LogP contribution < -0.4 is 37.2 Å². The van der Waals surface area contributed by atoms with E-state index in [1.165, 1.54) is 22.3 Å². The van der Waals surface area contributed by atoms with Crippen LogP contribution in [0.15, 0.2) is 147 Å². The predicted octanol–water partition coefficient (Wildman–Crippen LogP) is 18.3. The second kappa shape index (κ2) is 20.3. The van der Waals surface area contributed by atoms with Crippen molar-refractivity contribution < 1.29 is 138 Å². The largest absolute Gasteiger partial charge is 0.487 e. The fraction of sp³-hybridized carbons (Fsp3) is 0.200. The van der Waals surface area contributed by atoms with Crippen LogP contribution in [0, 0.1) is 0 Å². The number of ether oxygens (including phenoxy) is 4. The average molecular weight is 1220 g/mol. The quantitative estimate of drug-likeness (QED) is 0.0864. The summed E-state index contributed by atoms with van der Waals surface area (Å²) >= 11 is 0. The molecule has 14 rings (SSSR count). The van der Waals surface area contributed by atoms with Gasteiger partial charge in [-0.05, 0) is 58.7 Å². The monoisotopic (exact) mass is 1220 g/mol. The van der Waals surface area contributed by atoms with Crippen LogP contribution in [0.5, 0.6) is 23.0 Å². The molecule has 6 aromatic rings. The normalized spacial score (nSPS) is 17.3. The zero-order chi connectivity index (χ0) is 58.0. The molecule has 4 aromatic heterocycles. The van der Waals surface area contributed by atoms with Gasteiger partial charge >= 0.3 is 132 Å². The smallest absolute Gasteiger partial charge is 0.182 e. The Morgan fingerprint density at radius 1 is 0.250 bits per heavy atom. The van der Waals surface area contributed by atoms with Gasteiger partial charge in [0.1, 0.15) is 49.4 Å². The van der Waals surface area contributed by atoms with Crippen molar-refractivity contribution in [3.63, 3.8) is 0 Å². The summed E-state index contributed by atoms with van der Waals surface area (Å²) in [4.78, 5) is 0. The summed E-state index contributed by atoms with van der Waals surface area (Å²) in [5.41, 5.74) is 4.67. The van der Waals surface area contributed by atoms with Gasteiger partial charge in [-0.25, -0.2) is 18.3 Å². The van der Waals surface area contributed by atoms with Crippen molar-refractivity contribution in [3.8, 4) is 45.3 Å². The molecule has 0 fully saturated rings. The number of nitrogens with zero attached hydrogens (tertiary/aromatic N) is 4. The Bertz CT molecular complexity index is 2560. The van der Waals surface area contributed by atoms with E-state index in [1.807, 2.05) is 48.5 Å². The van der Waals surface area contributed by atoms with Gasteiger partial charge in [0.2, 0.25) is 0 Å². The SMILES string of the molecule is F[P-](F)(F)(F)(F)F.F[P-](F)(F)(F)(F)F.F[P-](F)(F)(F)(F)F.F[P-](F)(F)(F)(F)F.c1cc2cc(c1)OCC[n+]1ccc(cc1)-c1cc[n+](cc1)CCOc1ccc(cc1)OCC[n+]1ccc(cc1)-c1cc[n+](cc1)CCO2. The van der Waals surface area contributed by atoms with Gasteiger partial charge in [0.15, 0.2) is 75.8 Å². The van der Waals surface area contributed by atoms with Gasteiger partial charge < -0.3 is 18.9 Å². The van der Waals surface area contributed by atoms with Crippen molar-refractivity contribution in [2.24, 2.45) is 0 Å². The zero-order valence-electron chi connectivity index (χ0n) is 37.8. The molecule has 0 N–H and O–H groups in total. The molecule has 0 atom stereocenters. The molecule has 0 unspecified atom stereocenters. The third kappa shape index (κ3) is 41.5. The van der Waals surface area contributed by atoms with E-state index >= 15 is 0 Å². The molecule has 12 heterocycles. The number of aromatic nitrogens is 4. The van der Waals surface area contributed by atoms with Crippen LogP contribution in [0.1, 0.15) is 0 Å². The van der Waals surface area contributed by atoms with E-state index < -0.39 is 31.2 Å². The number of pyridine rings is 4. The molecular formula is C40H40F24N4O4P4. The van der Waals surface area contributed by atoms with E-state index in [1.54, 1.807) is 0 Å². The van der Waals surface area contributed by atoms with Crippen molar-refractivity contribution >= 4 is 31.2 Å². The molecule has 0 amide bonds. The van der Waals surface area contributed by atoms with Crippen LogP contribution in [0.25, 0.3) is 22.3 Å². The van der Waals surface area contributed by atoms with Crippen molar-refractivity contribution in [2.75, 3.05) is 26.4 Å². The number of benzene rings is 2. The maximum Gasteiger partial charge on any atom is 0.182 e. The van der Waals surface area contributed by atoms with Gasteiger partial charge in [-0.1, -0.05) is 6.07 Å². The second-order valence-electron chi connectivity index (χ2n) is 15.5. The molecule has 0 saturated carbocycles. The van der Waals surface area contributed by atoms with Gasteiger partial charge in [0.25, 0.3) is 0 Å². The van der Waals surface area contributed by atoms with E-state index in [9.17, 15) is 101 Å². The Balaban J connectivity index is 0.000000444. The van der Waals surface area contributed by atoms with Crippen LogP contribution in [-0.2, 0) is 26.2 Å². The molecule has 0 saturated heterocycles. The number of hydrogen-bond donors (Lipinski definition) is 0. The molecule has 2 aromatic carbocycles. The minimum absolute atomic E-state index is 0.558. The minimum Gasteiger partial charge on any atom is -0.487 e. The van der Waals surface area contributed by atoms with Crippen LogP contribution in [0.2, 0.25) is 0 Å². The summed E-state index contributed by atoms with van der Waals surface area (Å²) in [5.74, 6) is 3.25. The van der Waals surface area contributed by atoms with E-state index in [0.29, 0.717) is 26.4 Å². The third-order valence-electron chi connectivity index (χ3n) is 8.33. The van der Waals surface area contributed by atoms with E-state index in [4.69, 9.17) is 18.9 Å². The molecule has 0 spiro atoms. The molecular weight excluding hydrogens is 1180 g/mol. The summed E-state index contributed by atoms with van der Waals surface area (Å²) in [5, 5.41) is 0. The van der Waals surface area contributed by atoms with Crippen molar-refractivity contribution in [1.29, 1.82) is 0 Å². The Labute approximate surface area is 413 Å². The fourth-order valence-electron chi connectivity index (χ4n) is 5.56. The average Bonchev–Trinajstić information content (AvgIpc) is 3.21. The Hall–Kier alpha value is -5.72. The maximum atomic E-state index is 9.87. The topological polar surface area (TPSA) is 52.4 Å². The van der Waals surface area contributed by atoms with E-state index in [-0.39, 0.29) is 0 Å². The van der Waals surface area contributed by atoms with Crippen molar-refractivity contribution in [2.45, 2.75) is 26.2 Å². The molecule has 8 aliphatic heterocycles. The van der Waals surface area contributed by atoms with Crippen LogP contribution in [0.4, 0.5) is 101 Å². The first kappa shape index (κ1) is 64.6. The summed E-state index contributed by atoms with van der Waals surface area (Å²) in [6, 6.07) is 32.8. The van der Waals surface area contributed by atoms with Gasteiger partial charge in [-0.15, -0.1) is 0 Å². The summed E-state index contributed by atoms with van der Waals surface area (Å²) < 4.78 is 269. The summed E-state index contributed by atoms with van der Waals surface area (Å²) in [7, 11) is -42.6. The molecule has 0 aliphatic carbocycles. The van der Waals surface area contributed by atoms with Gasteiger partial charge in [-0.3, -0.25) is 0 Å². The maximum absolute atomic E-state index is 10.7. The molecule has 36 heteroatoms.